The molecule has 2 aromatic carbocycles. The average molecular weight is 728 g/mol. The van der Waals surface area contributed by atoms with Crippen molar-refractivity contribution in [3.8, 4) is 17.2 Å². The predicted octanol–water partition coefficient (Wildman–Crippen LogP) is 5.37. The molecule has 0 fully saturated rings. The number of hydrogen-bond donors (Lipinski definition) is 2. The van der Waals surface area contributed by atoms with Gasteiger partial charge in [-0.1, -0.05) is 62.3 Å². The number of pyridine rings is 1. The molecular formula is C35H35F4N6O7-3. The summed E-state index contributed by atoms with van der Waals surface area (Å²) in [5.74, 6) is -2.09. The Kier molecular flexibility index (Phi) is 10.9. The van der Waals surface area contributed by atoms with Crippen molar-refractivity contribution < 1.29 is 52.1 Å². The number of rotatable bonds is 4. The number of alkyl halides is 3. The lowest BCUT2D eigenvalue weighted by atomic mass is 9.68. The maximum absolute atomic E-state index is 14.6. The molecule has 3 aromatic rings. The van der Waals surface area contributed by atoms with Crippen molar-refractivity contribution in [1.82, 2.24) is 9.99 Å². The first-order chi connectivity index (χ1) is 23.6. The van der Waals surface area contributed by atoms with Crippen molar-refractivity contribution in [2.75, 3.05) is 15.6 Å². The minimum atomic E-state index is -4.82. The summed E-state index contributed by atoms with van der Waals surface area (Å²) in [4.78, 5) is 52.8. The third-order valence-corrected chi connectivity index (χ3v) is 7.67. The van der Waals surface area contributed by atoms with E-state index in [1.807, 2.05) is 0 Å². The molecular weight excluding hydrogens is 692 g/mol. The number of aromatic nitrogens is 1. The van der Waals surface area contributed by atoms with Crippen LogP contribution in [0, 0.1) is 17.1 Å². The molecule has 0 unspecified atom stereocenters. The molecule has 0 radical (unpaired) electrons. The van der Waals surface area contributed by atoms with Crippen LogP contribution in [0.3, 0.4) is 0 Å². The molecule has 13 nitrogen and oxygen atoms in total. The topological polar surface area (TPSA) is 205 Å². The molecule has 0 atom stereocenters. The highest BCUT2D eigenvalue weighted by Crippen LogP contribution is 2.49. The van der Waals surface area contributed by atoms with Gasteiger partial charge in [-0.2, -0.15) is 18.4 Å². The number of nitriles is 1. The van der Waals surface area contributed by atoms with E-state index in [1.54, 1.807) is 74.4 Å². The van der Waals surface area contributed by atoms with Gasteiger partial charge in [0.25, 0.3) is 0 Å². The molecule has 0 saturated carbocycles. The summed E-state index contributed by atoms with van der Waals surface area (Å²) >= 11 is 0. The predicted molar refractivity (Wildman–Crippen MR) is 175 cm³/mol. The molecule has 0 bridgehead atoms. The van der Waals surface area contributed by atoms with Crippen LogP contribution in [0.25, 0.3) is 11.1 Å². The Morgan fingerprint density at radius 1 is 0.769 bits per heavy atom. The summed E-state index contributed by atoms with van der Waals surface area (Å²) in [5, 5.41) is 49.5. The fourth-order valence-corrected chi connectivity index (χ4v) is 5.66. The van der Waals surface area contributed by atoms with Gasteiger partial charge < -0.3 is 40.3 Å². The Hall–Kier alpha value is -5.92. The molecule has 278 valence electrons. The smallest absolute Gasteiger partial charge is 0.416 e. The lowest BCUT2D eigenvalue weighted by Gasteiger charge is -2.39. The summed E-state index contributed by atoms with van der Waals surface area (Å²) in [6, 6.07) is 5.15. The lowest BCUT2D eigenvalue weighted by molar-refractivity contribution is -0.297. The fraction of sp³-hybridized carbons (Fsp3) is 0.371. The number of hydrazine groups is 1. The van der Waals surface area contributed by atoms with E-state index < -0.39 is 85.2 Å². The van der Waals surface area contributed by atoms with Gasteiger partial charge >= 0.3 is 12.2 Å². The van der Waals surface area contributed by atoms with Crippen molar-refractivity contribution in [1.29, 1.82) is 5.26 Å². The van der Waals surface area contributed by atoms with E-state index in [1.165, 1.54) is 6.07 Å². The molecule has 0 aliphatic heterocycles. The number of carbonyl (C=O) groups excluding carboxylic acids is 4. The van der Waals surface area contributed by atoms with Crippen molar-refractivity contribution in [3.63, 3.8) is 0 Å². The molecule has 3 rings (SSSR count). The highest BCUT2D eigenvalue weighted by atomic mass is 19.4. The number of halogens is 4. The second-order valence-corrected chi connectivity index (χ2v) is 14.7. The van der Waals surface area contributed by atoms with Crippen LogP contribution in [-0.2, 0) is 22.4 Å². The van der Waals surface area contributed by atoms with Crippen molar-refractivity contribution >= 4 is 41.5 Å². The monoisotopic (exact) mass is 727 g/mol. The number of carboxylic acid groups (broad SMARTS) is 3. The quantitative estimate of drug-likeness (QED) is 0.262. The molecule has 1 aromatic heterocycles. The van der Waals surface area contributed by atoms with Crippen LogP contribution in [0.2, 0.25) is 0 Å². The number of hydrogen-bond acceptors (Lipinski definition) is 9. The first-order valence-electron chi connectivity index (χ1n) is 15.4. The van der Waals surface area contributed by atoms with Gasteiger partial charge in [-0.15, -0.1) is 0 Å². The number of carbonyl (C=O) groups is 4. The molecule has 17 heteroatoms. The Morgan fingerprint density at radius 2 is 1.33 bits per heavy atom. The Labute approximate surface area is 296 Å². The normalized spacial score (nSPS) is 12.1. The third-order valence-electron chi connectivity index (χ3n) is 7.67. The first-order valence-corrected chi connectivity index (χ1v) is 15.4. The summed E-state index contributed by atoms with van der Waals surface area (Å²) < 4.78 is 54.8. The van der Waals surface area contributed by atoms with Gasteiger partial charge in [0, 0.05) is 11.8 Å². The van der Waals surface area contributed by atoms with Crippen LogP contribution >= 0.6 is 0 Å². The molecule has 2 N–H and O–H groups in total. The minimum Gasteiger partial charge on any atom is -0.528 e. The SMILES string of the molecule is CC(C)(C)c1cc(-c2ccnc(N(C(=O)[O-])N(C(=O)[O-])C(=O)[O-])c2C#N)c(C(C)(C)C)c(C(C)(C)C)c1NC(=O)Nc1cc(C(F)(F)F)ccc1F. The van der Waals surface area contributed by atoms with Gasteiger partial charge in [0.05, 0.1) is 16.9 Å². The fourth-order valence-electron chi connectivity index (χ4n) is 5.66. The average Bonchev–Trinajstić information content (AvgIpc) is 2.97. The number of benzene rings is 2. The highest BCUT2D eigenvalue weighted by molar-refractivity contribution is 6.02. The molecule has 52 heavy (non-hydrogen) atoms. The zero-order chi connectivity index (χ0) is 39.9. The minimum absolute atomic E-state index is 0.0293. The number of anilines is 3. The van der Waals surface area contributed by atoms with E-state index in [4.69, 9.17) is 0 Å². The van der Waals surface area contributed by atoms with Crippen LogP contribution in [-0.4, -0.2) is 34.3 Å². The second-order valence-electron chi connectivity index (χ2n) is 14.7. The summed E-state index contributed by atoms with van der Waals surface area (Å²) in [6.07, 6.45) is -11.3. The van der Waals surface area contributed by atoms with Gasteiger partial charge in [0.1, 0.15) is 17.4 Å². The van der Waals surface area contributed by atoms with Crippen LogP contribution < -0.4 is 31.0 Å². The molecule has 0 spiro atoms. The van der Waals surface area contributed by atoms with Crippen LogP contribution in [0.1, 0.15) is 90.1 Å². The van der Waals surface area contributed by atoms with Crippen LogP contribution in [0.15, 0.2) is 36.5 Å². The number of urea groups is 1. The number of imide groups is 1. The van der Waals surface area contributed by atoms with Gasteiger partial charge in [-0.05, 0) is 68.8 Å². The van der Waals surface area contributed by atoms with E-state index >= 15 is 0 Å². The van der Waals surface area contributed by atoms with Gasteiger partial charge in [0.2, 0.25) is 0 Å². The van der Waals surface area contributed by atoms with E-state index in [9.17, 15) is 57.3 Å². The zero-order valence-electron chi connectivity index (χ0n) is 29.6. The van der Waals surface area contributed by atoms with Crippen molar-refractivity contribution in [2.24, 2.45) is 0 Å². The molecule has 1 heterocycles. The van der Waals surface area contributed by atoms with Gasteiger partial charge in [0.15, 0.2) is 24.1 Å². The second kappa shape index (κ2) is 14.0. The maximum Gasteiger partial charge on any atom is 0.416 e. The zero-order valence-corrected chi connectivity index (χ0v) is 29.6. The van der Waals surface area contributed by atoms with E-state index in [-0.39, 0.29) is 16.8 Å². The van der Waals surface area contributed by atoms with E-state index in [0.29, 0.717) is 34.9 Å². The molecule has 0 saturated heterocycles. The van der Waals surface area contributed by atoms with E-state index in [0.717, 1.165) is 6.20 Å². The Morgan fingerprint density at radius 3 is 1.77 bits per heavy atom. The third kappa shape index (κ3) is 8.33. The number of nitrogens with one attached hydrogen (secondary N) is 2. The summed E-state index contributed by atoms with van der Waals surface area (Å²) in [6.45, 7) is 16.0. The largest absolute Gasteiger partial charge is 0.528 e. The summed E-state index contributed by atoms with van der Waals surface area (Å²) in [7, 11) is 0. The Balaban J connectivity index is 2.48. The van der Waals surface area contributed by atoms with Crippen LogP contribution in [0.4, 0.5) is 53.9 Å². The van der Waals surface area contributed by atoms with Crippen molar-refractivity contribution in [3.05, 3.63) is 70.2 Å². The van der Waals surface area contributed by atoms with Gasteiger partial charge in [-0.25, -0.2) is 24.2 Å². The maximum atomic E-state index is 14.6. The first kappa shape index (κ1) is 40.5. The summed E-state index contributed by atoms with van der Waals surface area (Å²) in [5.41, 5.74) is -3.39. The Bertz CT molecular complexity index is 1970. The lowest BCUT2D eigenvalue weighted by Crippen LogP contribution is -2.63. The molecule has 0 aliphatic rings. The standard InChI is InChI=1S/C35H38F4N6O7/c1-32(2,3)21-15-19(18-12-13-41-27(20(18)16-40)44(29(47)48)45(30(49)50)31(51)52)24(33(4,5)6)25(34(7,8)9)26(21)43-28(46)42-23-14-17(35(37,38)39)10-11-22(23)36/h10-15H,1-9H3,(H,47,48)(H,49,50)(H,51,52)(H2,42,43,46)/p-3. The van der Waals surface area contributed by atoms with Gasteiger partial charge in [-0.3, -0.25) is 0 Å². The van der Waals surface area contributed by atoms with Crippen LogP contribution in [0.5, 0.6) is 0 Å². The molecule has 5 amide bonds. The number of amides is 5. The molecule has 0 aliphatic carbocycles. The number of nitrogens with zero attached hydrogens (tertiary/aromatic N) is 4. The van der Waals surface area contributed by atoms with E-state index in [2.05, 4.69) is 15.6 Å². The van der Waals surface area contributed by atoms with Crippen molar-refractivity contribution in [2.45, 2.75) is 84.7 Å². The highest BCUT2D eigenvalue weighted by Gasteiger charge is 2.37.